The largest absolute Gasteiger partial charge is 0.412 e. The van der Waals surface area contributed by atoms with E-state index in [-0.39, 0.29) is 27.4 Å². The van der Waals surface area contributed by atoms with E-state index in [1.54, 1.807) is 6.92 Å². The second kappa shape index (κ2) is 29.7. The van der Waals surface area contributed by atoms with E-state index >= 15 is 0 Å². The summed E-state index contributed by atoms with van der Waals surface area (Å²) in [6.45, 7) is 2.28. The maximum atomic E-state index is 9.42. The minimum absolute atomic E-state index is 0. The number of rotatable bonds is 4. The van der Waals surface area contributed by atoms with Gasteiger partial charge in [0.25, 0.3) is 0 Å². The molecule has 0 bridgehead atoms. The van der Waals surface area contributed by atoms with Gasteiger partial charge < -0.3 is 27.4 Å². The van der Waals surface area contributed by atoms with Gasteiger partial charge in [-0.1, -0.05) is 0 Å². The fourth-order valence-electron chi connectivity index (χ4n) is 0.103. The Labute approximate surface area is 86.3 Å². The molecule has 0 aromatic rings. The van der Waals surface area contributed by atoms with Crippen LogP contribution in [-0.4, -0.2) is 63.2 Å². The molecule has 11 heteroatoms. The van der Waals surface area contributed by atoms with Crippen molar-refractivity contribution in [3.8, 4) is 0 Å². The molecule has 0 saturated carbocycles. The fraction of sp³-hybridized carbons (Fsp3) is 1.00. The van der Waals surface area contributed by atoms with Crippen molar-refractivity contribution in [2.75, 3.05) is 6.61 Å². The van der Waals surface area contributed by atoms with Crippen molar-refractivity contribution < 1.29 is 38.2 Å². The van der Waals surface area contributed by atoms with Crippen LogP contribution >= 0.6 is 0 Å². The summed E-state index contributed by atoms with van der Waals surface area (Å²) in [6.07, 6.45) is 0. The number of hydrogen-bond donors (Lipinski definition) is 0. The third-order valence-electron chi connectivity index (χ3n) is 0.282. The predicted octanol–water partition coefficient (Wildman–Crippen LogP) is -4.36. The molecule has 1 radical (unpaired) electrons. The molecule has 0 fully saturated rings. The van der Waals surface area contributed by atoms with Gasteiger partial charge in [0.2, 0.25) is 0 Å². The van der Waals surface area contributed by atoms with Crippen LogP contribution in [0.4, 0.5) is 0 Å². The summed E-state index contributed by atoms with van der Waals surface area (Å²) in [5.74, 6) is 0. The second-order valence-corrected chi connectivity index (χ2v) is 3.02. The van der Waals surface area contributed by atoms with Gasteiger partial charge in [-0.05, 0) is 0 Å². The van der Waals surface area contributed by atoms with Crippen LogP contribution in [-0.2, 0) is 5.73 Å². The molecule has 0 aromatic carbocycles. The van der Waals surface area contributed by atoms with Crippen LogP contribution < -0.4 is 0 Å². The van der Waals surface area contributed by atoms with Crippen LogP contribution in [0.15, 0.2) is 0 Å². The molecule has 0 aromatic heterocycles. The van der Waals surface area contributed by atoms with Crippen molar-refractivity contribution in [1.29, 1.82) is 0 Å². The number of hydrogen-bond acceptors (Lipinski definition) is 4. The van der Waals surface area contributed by atoms with E-state index in [0.29, 0.717) is 6.61 Å². The van der Waals surface area contributed by atoms with E-state index in [1.807, 2.05) is 0 Å². The van der Waals surface area contributed by atoms with Crippen LogP contribution in [0.3, 0.4) is 0 Å². The maximum absolute atomic E-state index is 9.42. The van der Waals surface area contributed by atoms with Gasteiger partial charge in [0.05, 0.1) is 0 Å². The SMILES string of the molecule is CC[O][Bi][O][N+](=O)[O-].O.O.O.O.O. The average Bonchev–Trinajstić information content (AvgIpc) is 1.66. The van der Waals surface area contributed by atoms with Crippen LogP contribution in [0.5, 0.6) is 0 Å². The molecule has 10 N–H and O–H groups in total. The molecule has 0 saturated heterocycles. The Bertz CT molecular complexity index is 80.0. The van der Waals surface area contributed by atoms with Crippen molar-refractivity contribution >= 4 is 24.1 Å². The Morgan fingerprint density at radius 2 is 1.62 bits per heavy atom. The van der Waals surface area contributed by atoms with Crippen LogP contribution in [0.1, 0.15) is 6.92 Å². The Morgan fingerprint density at radius 1 is 1.23 bits per heavy atom. The van der Waals surface area contributed by atoms with Gasteiger partial charge in [-0.2, -0.15) is 0 Å². The van der Waals surface area contributed by atoms with Crippen molar-refractivity contribution in [2.45, 2.75) is 6.92 Å². The molecule has 0 unspecified atom stereocenters. The van der Waals surface area contributed by atoms with E-state index in [0.717, 1.165) is 0 Å². The molecule has 0 heterocycles. The summed E-state index contributed by atoms with van der Waals surface area (Å²) >= 11 is -1.65. The van der Waals surface area contributed by atoms with E-state index < -0.39 is 29.2 Å². The van der Waals surface area contributed by atoms with Gasteiger partial charge in [0.15, 0.2) is 0 Å². The Hall–Kier alpha value is -0.157. The first-order valence-electron chi connectivity index (χ1n) is 1.91. The molecule has 0 aliphatic rings. The molecular weight excluding hydrogens is 391 g/mol. The summed E-state index contributed by atoms with van der Waals surface area (Å²) in [6, 6.07) is 0. The smallest absolute Gasteiger partial charge is 0.412 e. The zero-order valence-electron chi connectivity index (χ0n) is 6.73. The van der Waals surface area contributed by atoms with E-state index in [2.05, 4.69) is 5.73 Å². The van der Waals surface area contributed by atoms with Crippen LogP contribution in [0.25, 0.3) is 0 Å². The summed E-state index contributed by atoms with van der Waals surface area (Å²) in [4.78, 5) is 9.42. The molecule has 0 spiro atoms. The first-order chi connectivity index (χ1) is 3.77. The van der Waals surface area contributed by atoms with Gasteiger partial charge in [-0.25, -0.2) is 0 Å². The minimum Gasteiger partial charge on any atom is -0.412 e. The first kappa shape index (κ1) is 38.5. The summed E-state index contributed by atoms with van der Waals surface area (Å²) in [7, 11) is 0. The molecule has 0 atom stereocenters. The zero-order chi connectivity index (χ0) is 6.41. The Balaban J connectivity index is -0.0000000245. The van der Waals surface area contributed by atoms with Gasteiger partial charge in [0.1, 0.15) is 0 Å². The summed E-state index contributed by atoms with van der Waals surface area (Å²) in [5.41, 5.74) is 0. The molecular formula is C2H15BiNO9. The van der Waals surface area contributed by atoms with Crippen molar-refractivity contribution in [3.05, 3.63) is 10.1 Å². The standard InChI is InChI=1S/C2H5O.Bi.NO3.5H2O/c1-2-3;;2-1(3)4;;;;;/h2H2,1H3;;;5*1H2/q-1;+2;-1;;;;;. The topological polar surface area (TPSA) is 219 Å². The van der Waals surface area contributed by atoms with Crippen molar-refractivity contribution in [3.63, 3.8) is 0 Å². The second-order valence-electron chi connectivity index (χ2n) is 0.798. The first-order valence-corrected chi connectivity index (χ1v) is 4.75. The van der Waals surface area contributed by atoms with E-state index in [9.17, 15) is 10.1 Å². The van der Waals surface area contributed by atoms with E-state index in [4.69, 9.17) is 0 Å². The zero-order valence-corrected chi connectivity index (χ0v) is 10.2. The van der Waals surface area contributed by atoms with Gasteiger partial charge >= 0.3 is 58.6 Å². The summed E-state index contributed by atoms with van der Waals surface area (Å²) in [5, 5.41) is 8.61. The molecule has 0 amide bonds. The van der Waals surface area contributed by atoms with Crippen molar-refractivity contribution in [1.82, 2.24) is 0 Å². The summed E-state index contributed by atoms with van der Waals surface area (Å²) < 4.78 is 8.62. The minimum atomic E-state index is -1.65. The molecule has 10 nitrogen and oxygen atoms in total. The number of nitrogens with zero attached hydrogens (tertiary/aromatic N) is 1. The molecule has 13 heavy (non-hydrogen) atoms. The predicted molar refractivity (Wildman–Crippen MR) is 43.5 cm³/mol. The quantitative estimate of drug-likeness (QED) is 0.195. The normalized spacial score (nSPS) is 5.31. The average molecular weight is 406 g/mol. The van der Waals surface area contributed by atoms with Gasteiger partial charge in [-0.3, -0.25) is 0 Å². The Morgan fingerprint density at radius 3 is 1.85 bits per heavy atom. The molecule has 87 valence electrons. The third-order valence-corrected chi connectivity index (χ3v) is 2.47. The molecule has 0 aliphatic carbocycles. The van der Waals surface area contributed by atoms with Crippen LogP contribution in [0.2, 0.25) is 0 Å². The maximum Gasteiger partial charge on any atom is -0.412 e. The van der Waals surface area contributed by atoms with Crippen molar-refractivity contribution in [2.24, 2.45) is 0 Å². The molecule has 0 rings (SSSR count). The van der Waals surface area contributed by atoms with Crippen LogP contribution in [0, 0.1) is 10.1 Å². The van der Waals surface area contributed by atoms with E-state index in [1.165, 1.54) is 0 Å². The third kappa shape index (κ3) is 48.9. The molecule has 0 aliphatic heterocycles. The van der Waals surface area contributed by atoms with Gasteiger partial charge in [-0.15, -0.1) is 0 Å². The van der Waals surface area contributed by atoms with Gasteiger partial charge in [0, 0.05) is 0 Å². The Kier molecular flexibility index (Phi) is 88.0. The monoisotopic (exact) mass is 406 g/mol. The fourth-order valence-corrected chi connectivity index (χ4v) is 0.908.